The van der Waals surface area contributed by atoms with Crippen LogP contribution in [0.3, 0.4) is 0 Å². The number of halogens is 2. The second kappa shape index (κ2) is 5.37. The molecule has 0 amide bonds. The molecule has 0 radical (unpaired) electrons. The Morgan fingerprint density at radius 3 is 3.00 bits per heavy atom. The van der Waals surface area contributed by atoms with Gasteiger partial charge in [0, 0.05) is 23.4 Å². The molecular weight excluding hydrogens is 289 g/mol. The molecule has 1 aromatic heterocycles. The first-order chi connectivity index (χ1) is 7.75. The first-order valence-corrected chi connectivity index (χ1v) is 6.09. The summed E-state index contributed by atoms with van der Waals surface area (Å²) in [6.07, 6.45) is 3.71. The standard InChI is InChI=1S/C11H11BrClN3/c12-9-2-3-11(10(13)8-9)14-5-7-16-6-1-4-15-16/h1-4,6,8,14H,5,7H2. The Kier molecular flexibility index (Phi) is 3.85. The van der Waals surface area contributed by atoms with Crippen LogP contribution < -0.4 is 5.32 Å². The number of anilines is 1. The van der Waals surface area contributed by atoms with Crippen LogP contribution in [-0.2, 0) is 6.54 Å². The number of hydrogen-bond donors (Lipinski definition) is 1. The summed E-state index contributed by atoms with van der Waals surface area (Å²) in [5, 5.41) is 8.10. The number of benzene rings is 1. The van der Waals surface area contributed by atoms with Crippen molar-refractivity contribution in [2.45, 2.75) is 6.54 Å². The zero-order valence-electron chi connectivity index (χ0n) is 8.53. The van der Waals surface area contributed by atoms with E-state index in [2.05, 4.69) is 26.3 Å². The molecule has 3 nitrogen and oxygen atoms in total. The summed E-state index contributed by atoms with van der Waals surface area (Å²) in [7, 11) is 0. The molecule has 0 unspecified atom stereocenters. The van der Waals surface area contributed by atoms with E-state index < -0.39 is 0 Å². The van der Waals surface area contributed by atoms with Crippen molar-refractivity contribution in [1.82, 2.24) is 9.78 Å². The Hall–Kier alpha value is -1.00. The molecule has 0 aliphatic rings. The van der Waals surface area contributed by atoms with Crippen molar-refractivity contribution in [2.24, 2.45) is 0 Å². The summed E-state index contributed by atoms with van der Waals surface area (Å²) in [4.78, 5) is 0. The zero-order valence-corrected chi connectivity index (χ0v) is 10.9. The fourth-order valence-corrected chi connectivity index (χ4v) is 2.11. The molecule has 5 heteroatoms. The zero-order chi connectivity index (χ0) is 11.4. The molecule has 0 fully saturated rings. The van der Waals surface area contributed by atoms with E-state index >= 15 is 0 Å². The van der Waals surface area contributed by atoms with Gasteiger partial charge in [-0.2, -0.15) is 5.10 Å². The first-order valence-electron chi connectivity index (χ1n) is 4.92. The van der Waals surface area contributed by atoms with Crippen molar-refractivity contribution in [3.8, 4) is 0 Å². The molecule has 2 rings (SSSR count). The Labute approximate surface area is 108 Å². The van der Waals surface area contributed by atoms with Crippen molar-refractivity contribution >= 4 is 33.2 Å². The highest BCUT2D eigenvalue weighted by Gasteiger charge is 1.99. The lowest BCUT2D eigenvalue weighted by atomic mass is 10.3. The molecule has 1 N–H and O–H groups in total. The minimum Gasteiger partial charge on any atom is -0.382 e. The van der Waals surface area contributed by atoms with Crippen LogP contribution >= 0.6 is 27.5 Å². The second-order valence-corrected chi connectivity index (χ2v) is 4.64. The van der Waals surface area contributed by atoms with Crippen LogP contribution in [0, 0.1) is 0 Å². The van der Waals surface area contributed by atoms with E-state index in [-0.39, 0.29) is 0 Å². The highest BCUT2D eigenvalue weighted by Crippen LogP contribution is 2.25. The average Bonchev–Trinajstić information content (AvgIpc) is 2.74. The molecule has 0 aliphatic heterocycles. The largest absolute Gasteiger partial charge is 0.382 e. The number of nitrogens with one attached hydrogen (secondary N) is 1. The molecule has 16 heavy (non-hydrogen) atoms. The third kappa shape index (κ3) is 3.00. The predicted octanol–water partition coefficient (Wildman–Crippen LogP) is 3.41. The van der Waals surface area contributed by atoms with E-state index in [1.54, 1.807) is 6.20 Å². The molecule has 2 aromatic rings. The SMILES string of the molecule is Clc1cc(Br)ccc1NCCn1cccn1. The van der Waals surface area contributed by atoms with Crippen LogP contribution in [0.5, 0.6) is 0 Å². The van der Waals surface area contributed by atoms with Crippen LogP contribution in [0.1, 0.15) is 0 Å². The number of hydrogen-bond acceptors (Lipinski definition) is 2. The van der Waals surface area contributed by atoms with Crippen LogP contribution in [0.15, 0.2) is 41.1 Å². The lowest BCUT2D eigenvalue weighted by Crippen LogP contribution is -2.10. The van der Waals surface area contributed by atoms with Gasteiger partial charge >= 0.3 is 0 Å². The Bertz CT molecular complexity index is 456. The van der Waals surface area contributed by atoms with Gasteiger partial charge in [-0.15, -0.1) is 0 Å². The van der Waals surface area contributed by atoms with Crippen LogP contribution in [0.2, 0.25) is 5.02 Å². The molecule has 0 saturated carbocycles. The highest BCUT2D eigenvalue weighted by atomic mass is 79.9. The fraction of sp³-hybridized carbons (Fsp3) is 0.182. The molecule has 0 aliphatic carbocycles. The van der Waals surface area contributed by atoms with E-state index in [1.165, 1.54) is 0 Å². The summed E-state index contributed by atoms with van der Waals surface area (Å²) in [5.41, 5.74) is 0.942. The molecule has 0 spiro atoms. The molecule has 1 heterocycles. The Morgan fingerprint density at radius 1 is 1.44 bits per heavy atom. The van der Waals surface area contributed by atoms with E-state index in [0.29, 0.717) is 0 Å². The van der Waals surface area contributed by atoms with E-state index in [0.717, 1.165) is 28.3 Å². The number of aromatic nitrogens is 2. The number of rotatable bonds is 4. The third-order valence-electron chi connectivity index (χ3n) is 2.15. The first kappa shape index (κ1) is 11.5. The molecule has 0 saturated heterocycles. The monoisotopic (exact) mass is 299 g/mol. The maximum absolute atomic E-state index is 6.08. The third-order valence-corrected chi connectivity index (χ3v) is 2.95. The van der Waals surface area contributed by atoms with Crippen molar-refractivity contribution in [3.05, 3.63) is 46.2 Å². The van der Waals surface area contributed by atoms with Gasteiger partial charge in [0.05, 0.1) is 17.3 Å². The highest BCUT2D eigenvalue weighted by molar-refractivity contribution is 9.10. The van der Waals surface area contributed by atoms with Crippen LogP contribution in [0.25, 0.3) is 0 Å². The van der Waals surface area contributed by atoms with Gasteiger partial charge in [-0.3, -0.25) is 4.68 Å². The molecule has 0 atom stereocenters. The summed E-state index contributed by atoms with van der Waals surface area (Å²) in [5.74, 6) is 0. The van der Waals surface area contributed by atoms with Gasteiger partial charge < -0.3 is 5.32 Å². The van der Waals surface area contributed by atoms with E-state index in [1.807, 2.05) is 35.1 Å². The molecule has 1 aromatic carbocycles. The van der Waals surface area contributed by atoms with Gasteiger partial charge in [0.2, 0.25) is 0 Å². The summed E-state index contributed by atoms with van der Waals surface area (Å²) in [6, 6.07) is 7.70. The maximum atomic E-state index is 6.08. The van der Waals surface area contributed by atoms with Crippen LogP contribution in [0.4, 0.5) is 5.69 Å². The van der Waals surface area contributed by atoms with Gasteiger partial charge in [0.15, 0.2) is 0 Å². The average molecular weight is 301 g/mol. The van der Waals surface area contributed by atoms with Gasteiger partial charge in [-0.1, -0.05) is 27.5 Å². The van der Waals surface area contributed by atoms with Gasteiger partial charge in [-0.05, 0) is 24.3 Å². The summed E-state index contributed by atoms with van der Waals surface area (Å²) in [6.45, 7) is 1.61. The molecular formula is C11H11BrClN3. The second-order valence-electron chi connectivity index (χ2n) is 3.32. The quantitative estimate of drug-likeness (QED) is 0.938. The summed E-state index contributed by atoms with van der Waals surface area (Å²) >= 11 is 9.44. The minimum atomic E-state index is 0.717. The smallest absolute Gasteiger partial charge is 0.0648 e. The number of nitrogens with zero attached hydrogens (tertiary/aromatic N) is 2. The molecule has 84 valence electrons. The lowest BCUT2D eigenvalue weighted by Gasteiger charge is -2.08. The van der Waals surface area contributed by atoms with E-state index in [4.69, 9.17) is 11.6 Å². The van der Waals surface area contributed by atoms with Crippen LogP contribution in [-0.4, -0.2) is 16.3 Å². The van der Waals surface area contributed by atoms with Crippen molar-refractivity contribution in [1.29, 1.82) is 0 Å². The molecule has 0 bridgehead atoms. The normalized spacial score (nSPS) is 10.4. The fourth-order valence-electron chi connectivity index (χ4n) is 1.37. The van der Waals surface area contributed by atoms with Crippen molar-refractivity contribution in [2.75, 3.05) is 11.9 Å². The Balaban J connectivity index is 1.90. The van der Waals surface area contributed by atoms with Crippen molar-refractivity contribution in [3.63, 3.8) is 0 Å². The van der Waals surface area contributed by atoms with Gasteiger partial charge in [0.25, 0.3) is 0 Å². The maximum Gasteiger partial charge on any atom is 0.0648 e. The lowest BCUT2D eigenvalue weighted by molar-refractivity contribution is 0.638. The van der Waals surface area contributed by atoms with Crippen molar-refractivity contribution < 1.29 is 0 Å². The summed E-state index contributed by atoms with van der Waals surface area (Å²) < 4.78 is 2.86. The minimum absolute atomic E-state index is 0.717. The van der Waals surface area contributed by atoms with E-state index in [9.17, 15) is 0 Å². The Morgan fingerprint density at radius 2 is 2.31 bits per heavy atom. The van der Waals surface area contributed by atoms with Gasteiger partial charge in [-0.25, -0.2) is 0 Å². The topological polar surface area (TPSA) is 29.9 Å². The van der Waals surface area contributed by atoms with Gasteiger partial charge in [0.1, 0.15) is 0 Å². The predicted molar refractivity (Wildman–Crippen MR) is 69.9 cm³/mol.